The van der Waals surface area contributed by atoms with E-state index in [0.29, 0.717) is 17.6 Å². The van der Waals surface area contributed by atoms with Crippen LogP contribution in [0.5, 0.6) is 0 Å². The van der Waals surface area contributed by atoms with E-state index in [2.05, 4.69) is 21.2 Å². The first-order valence-electron chi connectivity index (χ1n) is 6.09. The molecule has 0 atom stereocenters. The van der Waals surface area contributed by atoms with Crippen LogP contribution in [0, 0.1) is 0 Å². The SMILES string of the molecule is O=C(O)c1cc(S(=O)(=O)CCN2CCNC2=O)ccc1Br. The summed E-state index contributed by atoms with van der Waals surface area (Å²) < 4.78 is 24.7. The first-order chi connectivity index (χ1) is 9.81. The zero-order valence-corrected chi connectivity index (χ0v) is 13.3. The van der Waals surface area contributed by atoms with Crippen LogP contribution in [0.4, 0.5) is 4.79 Å². The highest BCUT2D eigenvalue weighted by molar-refractivity contribution is 9.10. The Labute approximate surface area is 130 Å². The fourth-order valence-corrected chi connectivity index (χ4v) is 3.62. The van der Waals surface area contributed by atoms with Gasteiger partial charge in [-0.15, -0.1) is 0 Å². The molecule has 7 nitrogen and oxygen atoms in total. The van der Waals surface area contributed by atoms with Crippen molar-refractivity contribution < 1.29 is 23.1 Å². The van der Waals surface area contributed by atoms with Gasteiger partial charge in [-0.05, 0) is 34.1 Å². The molecule has 9 heteroatoms. The van der Waals surface area contributed by atoms with E-state index < -0.39 is 15.8 Å². The number of urea groups is 1. The van der Waals surface area contributed by atoms with E-state index in [1.807, 2.05) is 0 Å². The summed E-state index contributed by atoms with van der Waals surface area (Å²) in [5, 5.41) is 11.6. The maximum absolute atomic E-state index is 12.2. The Morgan fingerprint density at radius 3 is 2.71 bits per heavy atom. The van der Waals surface area contributed by atoms with E-state index in [1.54, 1.807) is 0 Å². The van der Waals surface area contributed by atoms with Crippen LogP contribution >= 0.6 is 15.9 Å². The van der Waals surface area contributed by atoms with E-state index in [9.17, 15) is 18.0 Å². The van der Waals surface area contributed by atoms with Gasteiger partial charge in [0.15, 0.2) is 9.84 Å². The molecule has 0 unspecified atom stereocenters. The van der Waals surface area contributed by atoms with Gasteiger partial charge in [0.25, 0.3) is 0 Å². The number of hydrogen-bond donors (Lipinski definition) is 2. The highest BCUT2D eigenvalue weighted by Gasteiger charge is 2.23. The average molecular weight is 377 g/mol. The Hall–Kier alpha value is -1.61. The Kier molecular flexibility index (Phi) is 4.52. The van der Waals surface area contributed by atoms with Crippen LogP contribution in [0.2, 0.25) is 0 Å². The molecule has 1 saturated heterocycles. The Balaban J connectivity index is 2.17. The number of carboxylic acids is 1. The van der Waals surface area contributed by atoms with Crippen molar-refractivity contribution in [3.8, 4) is 0 Å². The number of carboxylic acid groups (broad SMARTS) is 1. The first-order valence-corrected chi connectivity index (χ1v) is 8.54. The zero-order chi connectivity index (χ0) is 15.6. The number of carbonyl (C=O) groups excluding carboxylic acids is 1. The normalized spacial score (nSPS) is 15.1. The quantitative estimate of drug-likeness (QED) is 0.795. The lowest BCUT2D eigenvalue weighted by Crippen LogP contribution is -2.32. The molecule has 21 heavy (non-hydrogen) atoms. The maximum atomic E-state index is 12.2. The number of sulfone groups is 1. The third-order valence-electron chi connectivity index (χ3n) is 3.10. The number of halogens is 1. The van der Waals surface area contributed by atoms with Crippen molar-refractivity contribution in [2.24, 2.45) is 0 Å². The molecule has 2 amide bonds. The molecule has 0 aromatic heterocycles. The first kappa shape index (κ1) is 15.8. The third-order valence-corrected chi connectivity index (χ3v) is 5.49. The predicted molar refractivity (Wildman–Crippen MR) is 78.1 cm³/mol. The van der Waals surface area contributed by atoms with Crippen LogP contribution in [-0.4, -0.2) is 55.8 Å². The van der Waals surface area contributed by atoms with Crippen LogP contribution in [0.1, 0.15) is 10.4 Å². The summed E-state index contributed by atoms with van der Waals surface area (Å²) in [5.41, 5.74) is -0.116. The summed E-state index contributed by atoms with van der Waals surface area (Å²) in [6.45, 7) is 1.04. The van der Waals surface area contributed by atoms with Crippen molar-refractivity contribution in [1.29, 1.82) is 0 Å². The van der Waals surface area contributed by atoms with Gasteiger partial charge in [0.05, 0.1) is 16.2 Å². The fraction of sp³-hybridized carbons (Fsp3) is 0.333. The Morgan fingerprint density at radius 2 is 2.14 bits per heavy atom. The average Bonchev–Trinajstić information content (AvgIpc) is 2.82. The molecule has 0 aliphatic carbocycles. The maximum Gasteiger partial charge on any atom is 0.336 e. The number of carbonyl (C=O) groups is 2. The third kappa shape index (κ3) is 3.53. The second-order valence-corrected chi connectivity index (χ2v) is 7.45. The molecule has 114 valence electrons. The van der Waals surface area contributed by atoms with Crippen LogP contribution in [0.25, 0.3) is 0 Å². The highest BCUT2D eigenvalue weighted by atomic mass is 79.9. The molecule has 2 rings (SSSR count). The number of aromatic carboxylic acids is 1. The number of rotatable bonds is 5. The lowest BCUT2D eigenvalue weighted by molar-refractivity contribution is 0.0695. The number of benzene rings is 1. The van der Waals surface area contributed by atoms with Crippen molar-refractivity contribution in [2.75, 3.05) is 25.4 Å². The molecule has 0 bridgehead atoms. The van der Waals surface area contributed by atoms with Crippen molar-refractivity contribution >= 4 is 37.8 Å². The van der Waals surface area contributed by atoms with E-state index in [-0.39, 0.29) is 28.8 Å². The zero-order valence-electron chi connectivity index (χ0n) is 10.9. The lowest BCUT2D eigenvalue weighted by atomic mass is 10.2. The van der Waals surface area contributed by atoms with Crippen molar-refractivity contribution in [3.63, 3.8) is 0 Å². The van der Waals surface area contributed by atoms with Gasteiger partial charge in [-0.3, -0.25) is 0 Å². The minimum atomic E-state index is -3.65. The van der Waals surface area contributed by atoms with Crippen LogP contribution < -0.4 is 5.32 Å². The van der Waals surface area contributed by atoms with Crippen LogP contribution in [0.15, 0.2) is 27.6 Å². The number of hydrogen-bond acceptors (Lipinski definition) is 4. The van der Waals surface area contributed by atoms with Crippen molar-refractivity contribution in [3.05, 3.63) is 28.2 Å². The molecule has 1 aliphatic rings. The minimum Gasteiger partial charge on any atom is -0.478 e. The molecule has 0 radical (unpaired) electrons. The van der Waals surface area contributed by atoms with Gasteiger partial charge in [-0.25, -0.2) is 18.0 Å². The smallest absolute Gasteiger partial charge is 0.336 e. The second-order valence-electron chi connectivity index (χ2n) is 4.48. The van der Waals surface area contributed by atoms with E-state index in [1.165, 1.54) is 17.0 Å². The Bertz CT molecular complexity index is 689. The lowest BCUT2D eigenvalue weighted by Gasteiger charge is -2.14. The summed E-state index contributed by atoms with van der Waals surface area (Å²) in [6, 6.07) is 3.56. The van der Waals surface area contributed by atoms with Gasteiger partial charge in [0.2, 0.25) is 0 Å². The molecule has 1 aliphatic heterocycles. The van der Waals surface area contributed by atoms with Gasteiger partial charge in [-0.1, -0.05) is 0 Å². The predicted octanol–water partition coefficient (Wildman–Crippen LogP) is 0.946. The van der Waals surface area contributed by atoms with Crippen molar-refractivity contribution in [2.45, 2.75) is 4.90 Å². The Morgan fingerprint density at radius 1 is 1.43 bits per heavy atom. The molecule has 1 heterocycles. The van der Waals surface area contributed by atoms with Gasteiger partial charge in [-0.2, -0.15) is 0 Å². The largest absolute Gasteiger partial charge is 0.478 e. The fourth-order valence-electron chi connectivity index (χ4n) is 1.93. The summed E-state index contributed by atoms with van der Waals surface area (Å²) in [4.78, 5) is 23.7. The summed E-state index contributed by atoms with van der Waals surface area (Å²) in [6.07, 6.45) is 0. The van der Waals surface area contributed by atoms with Crippen LogP contribution in [-0.2, 0) is 9.84 Å². The molecular weight excluding hydrogens is 364 g/mol. The van der Waals surface area contributed by atoms with Gasteiger partial charge in [0.1, 0.15) is 0 Å². The minimum absolute atomic E-state index is 0.0669. The molecule has 0 saturated carbocycles. The number of nitrogens with zero attached hydrogens (tertiary/aromatic N) is 1. The molecule has 1 fully saturated rings. The standard InChI is InChI=1S/C12H13BrN2O5S/c13-10-2-1-8(7-9(10)11(16)17)21(19,20)6-5-15-4-3-14-12(15)18/h1-2,7H,3-6H2,(H,14,18)(H,16,17). The van der Waals surface area contributed by atoms with E-state index in [0.717, 1.165) is 6.07 Å². The van der Waals surface area contributed by atoms with Gasteiger partial charge in [0, 0.05) is 24.1 Å². The van der Waals surface area contributed by atoms with Gasteiger partial charge < -0.3 is 15.3 Å². The summed E-state index contributed by atoms with van der Waals surface area (Å²) in [7, 11) is -3.65. The molecule has 0 spiro atoms. The van der Waals surface area contributed by atoms with E-state index >= 15 is 0 Å². The molecule has 1 aromatic carbocycles. The molecule has 2 N–H and O–H groups in total. The summed E-state index contributed by atoms with van der Waals surface area (Å²) >= 11 is 3.06. The highest BCUT2D eigenvalue weighted by Crippen LogP contribution is 2.22. The topological polar surface area (TPSA) is 104 Å². The summed E-state index contributed by atoms with van der Waals surface area (Å²) in [5.74, 6) is -1.46. The van der Waals surface area contributed by atoms with Crippen LogP contribution in [0.3, 0.4) is 0 Å². The van der Waals surface area contributed by atoms with Crippen molar-refractivity contribution in [1.82, 2.24) is 10.2 Å². The molecular formula is C12H13BrN2O5S. The van der Waals surface area contributed by atoms with E-state index in [4.69, 9.17) is 5.11 Å². The number of amides is 2. The second kappa shape index (κ2) is 6.02. The van der Waals surface area contributed by atoms with Gasteiger partial charge >= 0.3 is 12.0 Å². The molecule has 1 aromatic rings. The number of nitrogens with one attached hydrogen (secondary N) is 1. The monoisotopic (exact) mass is 376 g/mol.